The summed E-state index contributed by atoms with van der Waals surface area (Å²) in [5.41, 5.74) is 0.697. The van der Waals surface area contributed by atoms with Crippen LogP contribution in [0.2, 0.25) is 0 Å². The van der Waals surface area contributed by atoms with E-state index in [1.807, 2.05) is 31.2 Å². The van der Waals surface area contributed by atoms with Crippen molar-refractivity contribution in [3.63, 3.8) is 0 Å². The molecule has 0 aliphatic carbocycles. The number of likely N-dealkylation sites (tertiary alicyclic amines) is 1. The minimum absolute atomic E-state index is 0.142. The van der Waals surface area contributed by atoms with E-state index in [0.29, 0.717) is 13.2 Å². The lowest BCUT2D eigenvalue weighted by atomic mass is 10.0. The third kappa shape index (κ3) is 4.02. The highest BCUT2D eigenvalue weighted by molar-refractivity contribution is 7.89. The van der Waals surface area contributed by atoms with Crippen molar-refractivity contribution in [3.05, 3.63) is 59.4 Å². The Morgan fingerprint density at radius 3 is 2.61 bits per heavy atom. The quantitative estimate of drug-likeness (QED) is 0.800. The second-order valence-corrected chi connectivity index (χ2v) is 8.39. The van der Waals surface area contributed by atoms with E-state index >= 15 is 0 Å². The molecular formula is C20H23FN2O4S. The zero-order valence-corrected chi connectivity index (χ0v) is 16.6. The minimum Gasteiger partial charge on any atom is -0.494 e. The maximum absolute atomic E-state index is 14.4. The first-order valence-corrected chi connectivity index (χ1v) is 10.6. The Balaban J connectivity index is 1.90. The standard InChI is InChI=1S/C20H23FN2O4S/c1-3-27-15-8-6-14(7-9-15)19-5-4-12-23(19)20(24)17-13-16(10-11-18(17)21)28(25,26)22-2/h6-11,13,19,22H,3-5,12H2,1-2H3/t19-/m0/s1. The van der Waals surface area contributed by atoms with Crippen LogP contribution in [-0.4, -0.2) is 39.4 Å². The van der Waals surface area contributed by atoms with Gasteiger partial charge in [-0.2, -0.15) is 0 Å². The number of nitrogens with zero attached hydrogens (tertiary/aromatic N) is 1. The fraction of sp³-hybridized carbons (Fsp3) is 0.350. The fourth-order valence-corrected chi connectivity index (χ4v) is 4.17. The first-order valence-electron chi connectivity index (χ1n) is 9.14. The molecule has 1 heterocycles. The van der Waals surface area contributed by atoms with E-state index in [9.17, 15) is 17.6 Å². The predicted molar refractivity (Wildman–Crippen MR) is 103 cm³/mol. The summed E-state index contributed by atoms with van der Waals surface area (Å²) in [7, 11) is -2.51. The molecule has 150 valence electrons. The Hall–Kier alpha value is -2.45. The molecule has 0 saturated carbocycles. The summed E-state index contributed by atoms with van der Waals surface area (Å²) in [4.78, 5) is 14.5. The average Bonchev–Trinajstić information content (AvgIpc) is 3.18. The Bertz CT molecular complexity index is 961. The highest BCUT2D eigenvalue weighted by atomic mass is 32.2. The van der Waals surface area contributed by atoms with Gasteiger partial charge in [-0.1, -0.05) is 12.1 Å². The molecule has 1 amide bonds. The van der Waals surface area contributed by atoms with E-state index in [2.05, 4.69) is 4.72 Å². The molecule has 2 aromatic rings. The highest BCUT2D eigenvalue weighted by Crippen LogP contribution is 2.34. The Morgan fingerprint density at radius 1 is 1.25 bits per heavy atom. The van der Waals surface area contributed by atoms with Gasteiger partial charge in [0.2, 0.25) is 10.0 Å². The third-order valence-corrected chi connectivity index (χ3v) is 6.25. The molecule has 28 heavy (non-hydrogen) atoms. The van der Waals surface area contributed by atoms with E-state index in [-0.39, 0.29) is 16.5 Å². The summed E-state index contributed by atoms with van der Waals surface area (Å²) in [6.07, 6.45) is 1.55. The van der Waals surface area contributed by atoms with Crippen molar-refractivity contribution in [3.8, 4) is 5.75 Å². The summed E-state index contributed by atoms with van der Waals surface area (Å²) in [6.45, 7) is 2.96. The largest absolute Gasteiger partial charge is 0.494 e. The van der Waals surface area contributed by atoms with Gasteiger partial charge in [0.25, 0.3) is 5.91 Å². The van der Waals surface area contributed by atoms with Crippen molar-refractivity contribution in [1.29, 1.82) is 0 Å². The molecule has 8 heteroatoms. The number of halogens is 1. The molecular weight excluding hydrogens is 383 g/mol. The lowest BCUT2D eigenvalue weighted by molar-refractivity contribution is 0.0730. The molecule has 1 atom stereocenters. The Morgan fingerprint density at radius 2 is 1.96 bits per heavy atom. The molecule has 0 aromatic heterocycles. The van der Waals surface area contributed by atoms with Crippen molar-refractivity contribution in [1.82, 2.24) is 9.62 Å². The zero-order valence-electron chi connectivity index (χ0n) is 15.8. The molecule has 1 saturated heterocycles. The predicted octanol–water partition coefficient (Wildman–Crippen LogP) is 3.11. The molecule has 1 N–H and O–H groups in total. The lowest BCUT2D eigenvalue weighted by Crippen LogP contribution is -2.31. The van der Waals surface area contributed by atoms with E-state index in [1.165, 1.54) is 7.05 Å². The third-order valence-electron chi connectivity index (χ3n) is 4.84. The highest BCUT2D eigenvalue weighted by Gasteiger charge is 2.32. The van der Waals surface area contributed by atoms with Gasteiger partial charge >= 0.3 is 0 Å². The van der Waals surface area contributed by atoms with Gasteiger partial charge in [0.1, 0.15) is 11.6 Å². The normalized spacial score (nSPS) is 17.0. The number of ether oxygens (including phenoxy) is 1. The van der Waals surface area contributed by atoms with Gasteiger partial charge in [0.05, 0.1) is 23.1 Å². The van der Waals surface area contributed by atoms with Gasteiger partial charge in [-0.05, 0) is 62.7 Å². The smallest absolute Gasteiger partial charge is 0.257 e. The minimum atomic E-state index is -3.77. The summed E-state index contributed by atoms with van der Waals surface area (Å²) in [6, 6.07) is 10.6. The number of carbonyl (C=O) groups is 1. The van der Waals surface area contributed by atoms with Gasteiger partial charge in [0, 0.05) is 6.54 Å². The van der Waals surface area contributed by atoms with Crippen LogP contribution in [0.25, 0.3) is 0 Å². The number of hydrogen-bond donors (Lipinski definition) is 1. The summed E-state index contributed by atoms with van der Waals surface area (Å²) in [5.74, 6) is -0.502. The fourth-order valence-electron chi connectivity index (χ4n) is 3.42. The number of sulfonamides is 1. The number of benzene rings is 2. The van der Waals surface area contributed by atoms with E-state index in [4.69, 9.17) is 4.74 Å². The maximum Gasteiger partial charge on any atom is 0.257 e. The first-order chi connectivity index (χ1) is 13.4. The van der Waals surface area contributed by atoms with E-state index in [0.717, 1.165) is 42.4 Å². The molecule has 0 spiro atoms. The summed E-state index contributed by atoms with van der Waals surface area (Å²) >= 11 is 0. The van der Waals surface area contributed by atoms with E-state index in [1.54, 1.807) is 4.90 Å². The number of carbonyl (C=O) groups excluding carboxylic acids is 1. The molecule has 2 aromatic carbocycles. The molecule has 3 rings (SSSR count). The molecule has 0 radical (unpaired) electrons. The van der Waals surface area contributed by atoms with Crippen molar-refractivity contribution in [2.24, 2.45) is 0 Å². The number of hydrogen-bond acceptors (Lipinski definition) is 4. The van der Waals surface area contributed by atoms with Crippen molar-refractivity contribution in [2.45, 2.75) is 30.7 Å². The van der Waals surface area contributed by atoms with Gasteiger partial charge < -0.3 is 9.64 Å². The maximum atomic E-state index is 14.4. The number of nitrogens with one attached hydrogen (secondary N) is 1. The SMILES string of the molecule is CCOc1ccc([C@@H]2CCCN2C(=O)c2cc(S(=O)(=O)NC)ccc2F)cc1. The monoisotopic (exact) mass is 406 g/mol. The van der Waals surface area contributed by atoms with Crippen molar-refractivity contribution < 1.29 is 22.3 Å². The topological polar surface area (TPSA) is 75.7 Å². The second-order valence-electron chi connectivity index (χ2n) is 6.51. The van der Waals surface area contributed by atoms with Gasteiger partial charge in [0.15, 0.2) is 0 Å². The molecule has 0 bridgehead atoms. The molecule has 1 aliphatic heterocycles. The first kappa shape index (κ1) is 20.3. The van der Waals surface area contributed by atoms with Crippen LogP contribution in [0.1, 0.15) is 41.7 Å². The van der Waals surface area contributed by atoms with Crippen molar-refractivity contribution >= 4 is 15.9 Å². The van der Waals surface area contributed by atoms with Gasteiger partial charge in [-0.25, -0.2) is 17.5 Å². The number of rotatable bonds is 6. The molecule has 6 nitrogen and oxygen atoms in total. The van der Waals surface area contributed by atoms with Crippen LogP contribution in [0.5, 0.6) is 5.75 Å². The summed E-state index contributed by atoms with van der Waals surface area (Å²) in [5, 5.41) is 0. The molecule has 0 unspecified atom stereocenters. The summed E-state index contributed by atoms with van der Waals surface area (Å²) < 4.78 is 46.0. The van der Waals surface area contributed by atoms with E-state index < -0.39 is 21.7 Å². The Kier molecular flexibility index (Phi) is 6.00. The molecule has 1 fully saturated rings. The molecule has 1 aliphatic rings. The van der Waals surface area contributed by atoms with Crippen LogP contribution in [0.4, 0.5) is 4.39 Å². The van der Waals surface area contributed by atoms with Crippen LogP contribution in [0.3, 0.4) is 0 Å². The van der Waals surface area contributed by atoms with Crippen LogP contribution >= 0.6 is 0 Å². The van der Waals surface area contributed by atoms with Gasteiger partial charge in [-0.3, -0.25) is 4.79 Å². The van der Waals surface area contributed by atoms with Crippen LogP contribution < -0.4 is 9.46 Å². The average molecular weight is 406 g/mol. The number of amides is 1. The van der Waals surface area contributed by atoms with Crippen LogP contribution in [0.15, 0.2) is 47.4 Å². The van der Waals surface area contributed by atoms with Crippen molar-refractivity contribution in [2.75, 3.05) is 20.2 Å². The van der Waals surface area contributed by atoms with Crippen LogP contribution in [0, 0.1) is 5.82 Å². The zero-order chi connectivity index (χ0) is 20.3. The lowest BCUT2D eigenvalue weighted by Gasteiger charge is -2.25. The second kappa shape index (κ2) is 8.28. The van der Waals surface area contributed by atoms with Crippen LogP contribution in [-0.2, 0) is 10.0 Å². The van der Waals surface area contributed by atoms with Gasteiger partial charge in [-0.15, -0.1) is 0 Å². The Labute approximate surface area is 164 Å².